The van der Waals surface area contributed by atoms with Crippen molar-refractivity contribution < 1.29 is 55.3 Å². The molecule has 0 bridgehead atoms. The summed E-state index contributed by atoms with van der Waals surface area (Å²) in [6, 6.07) is 0. The Morgan fingerprint density at radius 3 is 2.38 bits per heavy atom. The number of carboxylic acids is 1. The number of allylic oxidation sites excluding steroid dienone is 3. The number of esters is 1. The molecule has 162 valence electrons. The normalized spacial score (nSPS) is 24.5. The average Bonchev–Trinajstić information content (AvgIpc) is 2.58. The van der Waals surface area contributed by atoms with Gasteiger partial charge >= 0.3 is 24.3 Å². The van der Waals surface area contributed by atoms with Crippen LogP contribution in [0.2, 0.25) is 0 Å². The molecule has 1 unspecified atom stereocenters. The number of morpholine rings is 1. The number of carbonyl (C=O) groups excluding carboxylic acids is 2. The highest BCUT2D eigenvalue weighted by Crippen LogP contribution is 2.42. The van der Waals surface area contributed by atoms with Crippen LogP contribution in [-0.4, -0.2) is 65.6 Å². The van der Waals surface area contributed by atoms with E-state index in [-0.39, 0.29) is 0 Å². The molecule has 13 heteroatoms. The predicted molar refractivity (Wildman–Crippen MR) is 81.0 cm³/mol. The molecule has 1 aliphatic heterocycles. The molecule has 2 aliphatic rings. The zero-order valence-corrected chi connectivity index (χ0v) is 14.7. The molecular formula is C16H15F6NO6. The van der Waals surface area contributed by atoms with Crippen molar-refractivity contribution in [3.05, 3.63) is 23.4 Å². The van der Waals surface area contributed by atoms with Gasteiger partial charge in [-0.2, -0.15) is 26.3 Å². The minimum absolute atomic E-state index is 0.398. The number of rotatable bonds is 4. The Hall–Kier alpha value is -2.57. The fourth-order valence-corrected chi connectivity index (χ4v) is 2.86. The van der Waals surface area contributed by atoms with Crippen molar-refractivity contribution in [3.8, 4) is 0 Å². The van der Waals surface area contributed by atoms with Crippen molar-refractivity contribution >= 4 is 17.8 Å². The van der Waals surface area contributed by atoms with Crippen LogP contribution in [0.25, 0.3) is 0 Å². The lowest BCUT2D eigenvalue weighted by Gasteiger charge is -2.37. The Labute approximate surface area is 159 Å². The molecule has 1 aliphatic carbocycles. The van der Waals surface area contributed by atoms with Gasteiger partial charge in [0.1, 0.15) is 0 Å². The second kappa shape index (κ2) is 8.05. The van der Waals surface area contributed by atoms with Crippen LogP contribution in [0.5, 0.6) is 0 Å². The number of aliphatic carboxylic acids is 1. The smallest absolute Gasteiger partial charge is 0.412 e. The molecule has 3 atom stereocenters. The second-order valence-electron chi connectivity index (χ2n) is 6.26. The van der Waals surface area contributed by atoms with Crippen molar-refractivity contribution in [2.24, 2.45) is 5.92 Å². The van der Waals surface area contributed by atoms with Gasteiger partial charge in [0.15, 0.2) is 6.10 Å². The maximum absolute atomic E-state index is 13.1. The van der Waals surface area contributed by atoms with E-state index < -0.39 is 79.2 Å². The number of ether oxygens (including phenoxy) is 2. The number of carbonyl (C=O) groups is 3. The summed E-state index contributed by atoms with van der Waals surface area (Å²) < 4.78 is 88.0. The molecular weight excluding hydrogens is 416 g/mol. The zero-order chi connectivity index (χ0) is 22.1. The van der Waals surface area contributed by atoms with Gasteiger partial charge in [-0.1, -0.05) is 0 Å². The molecule has 0 aromatic carbocycles. The van der Waals surface area contributed by atoms with E-state index in [1.165, 1.54) is 0 Å². The van der Waals surface area contributed by atoms with Crippen molar-refractivity contribution in [1.29, 1.82) is 0 Å². The number of nitrogens with zero attached hydrogens (tertiary/aromatic N) is 1. The zero-order valence-electron chi connectivity index (χ0n) is 14.7. The molecule has 1 saturated heterocycles. The third kappa shape index (κ3) is 5.28. The maximum Gasteiger partial charge on any atom is 0.412 e. The highest BCUT2D eigenvalue weighted by Gasteiger charge is 2.48. The molecule has 1 fully saturated rings. The Balaban J connectivity index is 2.40. The number of carboxylic acid groups (broad SMARTS) is 1. The Morgan fingerprint density at radius 1 is 1.28 bits per heavy atom. The van der Waals surface area contributed by atoms with E-state index in [1.54, 1.807) is 0 Å². The molecule has 0 saturated carbocycles. The van der Waals surface area contributed by atoms with Crippen molar-refractivity contribution in [3.63, 3.8) is 0 Å². The summed E-state index contributed by atoms with van der Waals surface area (Å²) in [7, 11) is 0. The van der Waals surface area contributed by atoms with Gasteiger partial charge in [0, 0.05) is 24.7 Å². The monoisotopic (exact) mass is 431 g/mol. The minimum Gasteiger partial charge on any atom is -0.478 e. The third-order valence-corrected chi connectivity index (χ3v) is 4.16. The molecule has 29 heavy (non-hydrogen) atoms. The lowest BCUT2D eigenvalue weighted by atomic mass is 9.91. The molecule has 2 rings (SSSR count). The van der Waals surface area contributed by atoms with Crippen LogP contribution >= 0.6 is 0 Å². The molecule has 0 spiro atoms. The Bertz CT molecular complexity index is 756. The van der Waals surface area contributed by atoms with Gasteiger partial charge in [-0.3, -0.25) is 9.59 Å². The number of hydrogen-bond acceptors (Lipinski definition) is 5. The molecule has 1 heterocycles. The number of hydrogen-bond donors (Lipinski definition) is 1. The van der Waals surface area contributed by atoms with E-state index in [1.807, 2.05) is 0 Å². The Morgan fingerprint density at radius 2 is 1.90 bits per heavy atom. The molecule has 0 aromatic rings. The van der Waals surface area contributed by atoms with Gasteiger partial charge in [-0.05, 0) is 18.6 Å². The summed E-state index contributed by atoms with van der Waals surface area (Å²) in [6.45, 7) is 0.0431. The van der Waals surface area contributed by atoms with Crippen LogP contribution in [0, 0.1) is 5.92 Å². The first-order valence-corrected chi connectivity index (χ1v) is 8.11. The third-order valence-electron chi connectivity index (χ3n) is 4.16. The van der Waals surface area contributed by atoms with Crippen LogP contribution in [0.3, 0.4) is 0 Å². The van der Waals surface area contributed by atoms with Gasteiger partial charge in [0.25, 0.3) is 5.91 Å². The van der Waals surface area contributed by atoms with Crippen LogP contribution in [0.4, 0.5) is 26.3 Å². The minimum atomic E-state index is -5.06. The SMILES string of the molecule is CC(=O)O[C@@H](C(=O)O)[C@H]1OCCN(C2=CC(C(F)(F)F)CC(C(F)(F)F)=C2)C1=O. The van der Waals surface area contributed by atoms with Crippen molar-refractivity contribution in [2.75, 3.05) is 13.2 Å². The van der Waals surface area contributed by atoms with Gasteiger partial charge in [0.05, 0.1) is 12.5 Å². The maximum atomic E-state index is 13.1. The summed E-state index contributed by atoms with van der Waals surface area (Å²) in [6.07, 6.45) is -14.6. The summed E-state index contributed by atoms with van der Waals surface area (Å²) in [5.41, 5.74) is -2.17. The topological polar surface area (TPSA) is 93.1 Å². The molecule has 1 N–H and O–H groups in total. The number of halogens is 6. The highest BCUT2D eigenvalue weighted by molar-refractivity contribution is 5.91. The lowest BCUT2D eigenvalue weighted by molar-refractivity contribution is -0.184. The summed E-state index contributed by atoms with van der Waals surface area (Å²) in [5.74, 6) is -6.56. The number of amides is 1. The first-order valence-electron chi connectivity index (χ1n) is 8.11. The lowest BCUT2D eigenvalue weighted by Crippen LogP contribution is -2.55. The fraction of sp³-hybridized carbons (Fsp3) is 0.562. The molecule has 7 nitrogen and oxygen atoms in total. The summed E-state index contributed by atoms with van der Waals surface area (Å²) >= 11 is 0. The predicted octanol–water partition coefficient (Wildman–Crippen LogP) is 2.18. The van der Waals surface area contributed by atoms with Crippen molar-refractivity contribution in [1.82, 2.24) is 4.90 Å². The van der Waals surface area contributed by atoms with E-state index in [9.17, 15) is 40.7 Å². The number of alkyl halides is 6. The van der Waals surface area contributed by atoms with E-state index in [0.29, 0.717) is 17.1 Å². The Kier molecular flexibility index (Phi) is 6.30. The van der Waals surface area contributed by atoms with E-state index in [2.05, 4.69) is 4.74 Å². The van der Waals surface area contributed by atoms with E-state index in [4.69, 9.17) is 9.84 Å². The molecule has 1 amide bonds. The first kappa shape index (κ1) is 22.7. The first-order chi connectivity index (χ1) is 13.2. The summed E-state index contributed by atoms with van der Waals surface area (Å²) in [5, 5.41) is 9.13. The van der Waals surface area contributed by atoms with E-state index in [0.717, 1.165) is 6.92 Å². The molecule has 0 radical (unpaired) electrons. The largest absolute Gasteiger partial charge is 0.478 e. The van der Waals surface area contributed by atoms with Crippen molar-refractivity contribution in [2.45, 2.75) is 37.9 Å². The average molecular weight is 431 g/mol. The molecule has 0 aromatic heterocycles. The van der Waals surface area contributed by atoms with Crippen LogP contribution in [0.1, 0.15) is 13.3 Å². The van der Waals surface area contributed by atoms with Crippen LogP contribution in [0.15, 0.2) is 23.4 Å². The van der Waals surface area contributed by atoms with Gasteiger partial charge in [-0.25, -0.2) is 4.79 Å². The quantitative estimate of drug-likeness (QED) is 0.542. The summed E-state index contributed by atoms with van der Waals surface area (Å²) in [4.78, 5) is 35.5. The van der Waals surface area contributed by atoms with E-state index >= 15 is 0 Å². The second-order valence-corrected chi connectivity index (χ2v) is 6.26. The van der Waals surface area contributed by atoms with Gasteiger partial charge in [-0.15, -0.1) is 0 Å². The standard InChI is InChI=1S/C16H15F6NO6/c1-7(24)29-12(14(26)27)11-13(25)23(2-3-28-11)10-5-8(15(17,18)19)4-9(6-10)16(20,21)22/h5-6,8,11-12H,2-4H2,1H3,(H,26,27)/t8?,11-,12-/m1/s1. The van der Waals surface area contributed by atoms with Gasteiger partial charge < -0.3 is 19.5 Å². The van der Waals surface area contributed by atoms with Gasteiger partial charge in [0.2, 0.25) is 6.10 Å². The van der Waals surface area contributed by atoms with Crippen LogP contribution < -0.4 is 0 Å². The fourth-order valence-electron chi connectivity index (χ4n) is 2.86. The van der Waals surface area contributed by atoms with Crippen LogP contribution in [-0.2, 0) is 23.9 Å². The highest BCUT2D eigenvalue weighted by atomic mass is 19.4.